The highest BCUT2D eigenvalue weighted by Gasteiger charge is 2.35. The summed E-state index contributed by atoms with van der Waals surface area (Å²) >= 11 is 5.72. The Labute approximate surface area is 128 Å². The van der Waals surface area contributed by atoms with E-state index in [1.807, 2.05) is 0 Å². The van der Waals surface area contributed by atoms with Crippen LogP contribution in [-0.4, -0.2) is 6.04 Å². The predicted octanol–water partition coefficient (Wildman–Crippen LogP) is 5.99. The van der Waals surface area contributed by atoms with E-state index in [2.05, 4.69) is 19.2 Å². The molecule has 1 fully saturated rings. The van der Waals surface area contributed by atoms with Gasteiger partial charge in [0, 0.05) is 16.8 Å². The third-order valence-corrected chi connectivity index (χ3v) is 4.54. The maximum Gasteiger partial charge on any atom is 0.418 e. The van der Waals surface area contributed by atoms with Crippen LogP contribution in [0.2, 0.25) is 5.02 Å². The topological polar surface area (TPSA) is 12.0 Å². The summed E-state index contributed by atoms with van der Waals surface area (Å²) in [5.41, 5.74) is -0.535. The van der Waals surface area contributed by atoms with Gasteiger partial charge in [-0.1, -0.05) is 38.3 Å². The van der Waals surface area contributed by atoms with Gasteiger partial charge in [0.05, 0.1) is 5.56 Å². The lowest BCUT2D eigenvalue weighted by Gasteiger charge is -2.36. The van der Waals surface area contributed by atoms with E-state index in [1.54, 1.807) is 0 Å². The molecule has 0 bridgehead atoms. The number of hydrogen-bond donors (Lipinski definition) is 1. The summed E-state index contributed by atoms with van der Waals surface area (Å²) in [5.74, 6) is 0.875. The average Bonchev–Trinajstić information content (AvgIpc) is 2.40. The second-order valence-electron chi connectivity index (χ2n) is 6.13. The average molecular weight is 320 g/mol. The van der Waals surface area contributed by atoms with Crippen molar-refractivity contribution in [2.75, 3.05) is 5.32 Å². The van der Waals surface area contributed by atoms with Crippen LogP contribution >= 0.6 is 11.6 Å². The van der Waals surface area contributed by atoms with E-state index in [-0.39, 0.29) is 16.8 Å². The zero-order valence-corrected chi connectivity index (χ0v) is 13.1. The molecule has 0 radical (unpaired) electrons. The summed E-state index contributed by atoms with van der Waals surface area (Å²) in [6.45, 7) is 4.27. The number of halogens is 4. The first-order valence-electron chi connectivity index (χ1n) is 7.42. The molecule has 1 aromatic rings. The largest absolute Gasteiger partial charge is 0.418 e. The van der Waals surface area contributed by atoms with Gasteiger partial charge in [0.15, 0.2) is 0 Å². The van der Waals surface area contributed by atoms with Gasteiger partial charge in [0.25, 0.3) is 0 Å². The Bertz CT molecular complexity index is 485. The van der Waals surface area contributed by atoms with Crippen LogP contribution in [0.15, 0.2) is 18.2 Å². The fourth-order valence-corrected chi connectivity index (χ4v) is 3.39. The summed E-state index contributed by atoms with van der Waals surface area (Å²) < 4.78 is 39.4. The van der Waals surface area contributed by atoms with Crippen molar-refractivity contribution in [2.24, 2.45) is 11.8 Å². The Balaban J connectivity index is 2.26. The van der Waals surface area contributed by atoms with Crippen molar-refractivity contribution in [1.29, 1.82) is 0 Å². The van der Waals surface area contributed by atoms with Gasteiger partial charge in [-0.2, -0.15) is 13.2 Å². The zero-order valence-electron chi connectivity index (χ0n) is 12.3. The van der Waals surface area contributed by atoms with Crippen LogP contribution in [0.3, 0.4) is 0 Å². The van der Waals surface area contributed by atoms with Gasteiger partial charge in [0.2, 0.25) is 0 Å². The fourth-order valence-electron chi connectivity index (χ4n) is 3.21. The van der Waals surface area contributed by atoms with E-state index in [1.165, 1.54) is 12.1 Å². The van der Waals surface area contributed by atoms with Crippen molar-refractivity contribution < 1.29 is 13.2 Å². The minimum atomic E-state index is -4.39. The van der Waals surface area contributed by atoms with Crippen LogP contribution in [-0.2, 0) is 6.18 Å². The quantitative estimate of drug-likeness (QED) is 0.722. The van der Waals surface area contributed by atoms with E-state index in [0.717, 1.165) is 31.7 Å². The summed E-state index contributed by atoms with van der Waals surface area (Å²) in [7, 11) is 0. The lowest BCUT2D eigenvalue weighted by Crippen LogP contribution is -2.35. The van der Waals surface area contributed by atoms with E-state index in [0.29, 0.717) is 11.8 Å². The smallest absolute Gasteiger partial charge is 0.382 e. The molecule has 5 heteroatoms. The second kappa shape index (κ2) is 6.47. The van der Waals surface area contributed by atoms with E-state index in [4.69, 9.17) is 11.6 Å². The van der Waals surface area contributed by atoms with E-state index < -0.39 is 11.7 Å². The van der Waals surface area contributed by atoms with Crippen molar-refractivity contribution in [3.63, 3.8) is 0 Å². The molecule has 2 atom stereocenters. The lowest BCUT2D eigenvalue weighted by atomic mass is 9.77. The molecule has 0 saturated heterocycles. The first kappa shape index (κ1) is 16.5. The van der Waals surface area contributed by atoms with Crippen molar-refractivity contribution in [3.05, 3.63) is 28.8 Å². The third kappa shape index (κ3) is 4.06. The van der Waals surface area contributed by atoms with Gasteiger partial charge in [0.1, 0.15) is 0 Å². The fraction of sp³-hybridized carbons (Fsp3) is 0.625. The molecule has 21 heavy (non-hydrogen) atoms. The van der Waals surface area contributed by atoms with E-state index in [9.17, 15) is 13.2 Å². The monoisotopic (exact) mass is 319 g/mol. The number of rotatable bonds is 3. The van der Waals surface area contributed by atoms with Gasteiger partial charge in [-0.15, -0.1) is 0 Å². The van der Waals surface area contributed by atoms with E-state index >= 15 is 0 Å². The van der Waals surface area contributed by atoms with Gasteiger partial charge >= 0.3 is 6.18 Å². The van der Waals surface area contributed by atoms with Gasteiger partial charge in [-0.05, 0) is 42.9 Å². The summed E-state index contributed by atoms with van der Waals surface area (Å²) in [6.07, 6.45) is -0.175. The van der Waals surface area contributed by atoms with Crippen LogP contribution in [0, 0.1) is 11.8 Å². The molecule has 0 aromatic heterocycles. The van der Waals surface area contributed by atoms with Gasteiger partial charge in [-0.3, -0.25) is 0 Å². The van der Waals surface area contributed by atoms with Crippen molar-refractivity contribution in [2.45, 2.75) is 51.7 Å². The first-order chi connectivity index (χ1) is 9.79. The number of hydrogen-bond acceptors (Lipinski definition) is 1. The lowest BCUT2D eigenvalue weighted by molar-refractivity contribution is -0.137. The van der Waals surface area contributed by atoms with Crippen LogP contribution in [0.1, 0.15) is 45.1 Å². The van der Waals surface area contributed by atoms with Crippen LogP contribution in [0.25, 0.3) is 0 Å². The molecular formula is C16H21ClF3N. The van der Waals surface area contributed by atoms with Crippen LogP contribution in [0.4, 0.5) is 18.9 Å². The Morgan fingerprint density at radius 1 is 1.19 bits per heavy atom. The molecule has 118 valence electrons. The molecule has 1 aliphatic rings. The highest BCUT2D eigenvalue weighted by molar-refractivity contribution is 6.30. The minimum absolute atomic E-state index is 0.0982. The minimum Gasteiger partial charge on any atom is -0.382 e. The highest BCUT2D eigenvalue weighted by Crippen LogP contribution is 2.39. The molecule has 2 unspecified atom stereocenters. The molecule has 1 saturated carbocycles. The predicted molar refractivity (Wildman–Crippen MR) is 80.7 cm³/mol. The standard InChI is InChI=1S/C16H21ClF3N/c1-10(2)12-5-3-4-6-14(12)21-15-8-7-11(17)9-13(15)16(18,19)20/h7-10,12,14,21H,3-6H2,1-2H3. The SMILES string of the molecule is CC(C)C1CCCCC1Nc1ccc(Cl)cc1C(F)(F)F. The molecule has 1 nitrogen and oxygen atoms in total. The molecule has 2 rings (SSSR count). The zero-order chi connectivity index (χ0) is 15.6. The maximum absolute atomic E-state index is 13.1. The molecular weight excluding hydrogens is 299 g/mol. The third-order valence-electron chi connectivity index (χ3n) is 4.30. The first-order valence-corrected chi connectivity index (χ1v) is 7.80. The number of anilines is 1. The summed E-state index contributed by atoms with van der Waals surface area (Å²) in [6, 6.07) is 4.04. The molecule has 1 N–H and O–H groups in total. The Kier molecular flexibility index (Phi) is 5.07. The molecule has 0 amide bonds. The molecule has 1 aromatic carbocycles. The van der Waals surface area contributed by atoms with Crippen LogP contribution in [0.5, 0.6) is 0 Å². The Hall–Kier alpha value is -0.900. The Morgan fingerprint density at radius 3 is 2.48 bits per heavy atom. The molecule has 0 heterocycles. The normalized spacial score (nSPS) is 23.4. The van der Waals surface area contributed by atoms with Gasteiger partial charge < -0.3 is 5.32 Å². The molecule has 0 spiro atoms. The highest BCUT2D eigenvalue weighted by atomic mass is 35.5. The van der Waals surface area contributed by atoms with Crippen molar-refractivity contribution in [1.82, 2.24) is 0 Å². The van der Waals surface area contributed by atoms with Crippen LogP contribution < -0.4 is 5.32 Å². The second-order valence-corrected chi connectivity index (χ2v) is 6.57. The Morgan fingerprint density at radius 2 is 1.86 bits per heavy atom. The number of benzene rings is 1. The maximum atomic E-state index is 13.1. The van der Waals surface area contributed by atoms with Crippen molar-refractivity contribution >= 4 is 17.3 Å². The number of alkyl halides is 3. The summed E-state index contributed by atoms with van der Waals surface area (Å²) in [5, 5.41) is 3.24. The number of nitrogens with one attached hydrogen (secondary N) is 1. The molecule has 1 aliphatic carbocycles. The summed E-state index contributed by atoms with van der Waals surface area (Å²) in [4.78, 5) is 0. The molecule has 0 aliphatic heterocycles. The van der Waals surface area contributed by atoms with Crippen molar-refractivity contribution in [3.8, 4) is 0 Å². The van der Waals surface area contributed by atoms with Gasteiger partial charge in [-0.25, -0.2) is 0 Å².